The molecule has 8 rings (SSSR count). The van der Waals surface area contributed by atoms with Gasteiger partial charge in [-0.1, -0.05) is 125 Å². The van der Waals surface area contributed by atoms with Crippen LogP contribution >= 0.6 is 0 Å². The quantitative estimate of drug-likeness (QED) is 0.0227. The van der Waals surface area contributed by atoms with Crippen molar-refractivity contribution >= 4 is 28.5 Å². The maximum Gasteiger partial charge on any atom is 2.00 e. The van der Waals surface area contributed by atoms with Crippen LogP contribution in [0.1, 0.15) is 88.5 Å². The first-order valence-corrected chi connectivity index (χ1v) is 25.2. The van der Waals surface area contributed by atoms with Crippen LogP contribution < -0.4 is 41.7 Å². The van der Waals surface area contributed by atoms with E-state index in [-0.39, 0.29) is 236 Å². The standard InChI is InChI=1S/4C15H16N2O2.C3H6O.8CH3.5H2O.4Pt/c4*1-11(18)10-14(12-6-4-5-9-16-12)17-13-7-2-3-8-15(13)19;1-3(2)4;;;;;;;;;;;;;;;;;/h4*2-10,14,17-19H,1H3;1-2H3;8*1H3;5*1H2;;;;/q;;;;;8*-1;;;;;;;;;+2/p-3/b4*11-10-;;;;;;;;;;;;;;;;;;/t4*14-;;;;;;;;;;;;;;;;;;/m1100................../s1. The number of Topliss-reactive ketones (excluding diaryl/α,β-unsaturated/α-hetero) is 1. The van der Waals surface area contributed by atoms with Gasteiger partial charge in [-0.05, 0) is 98.8 Å². The molecule has 558 valence electrons. The fourth-order valence-corrected chi connectivity index (χ4v) is 7.06. The van der Waals surface area contributed by atoms with Crippen LogP contribution in [0.4, 0.5) is 22.7 Å². The summed E-state index contributed by atoms with van der Waals surface area (Å²) in [6.07, 6.45) is 12.9. The number of ketones is 1. The zero-order chi connectivity index (χ0) is 58.2. The van der Waals surface area contributed by atoms with E-state index in [2.05, 4.69) is 41.2 Å². The number of pyridine rings is 4. The molecule has 0 amide bonds. The van der Waals surface area contributed by atoms with E-state index in [0.717, 1.165) is 22.8 Å². The van der Waals surface area contributed by atoms with Gasteiger partial charge in [-0.3, -0.25) is 19.9 Å². The fraction of sp³-hybridized carbons (Fsp3) is 0.141. The third-order valence-corrected chi connectivity index (χ3v) is 10.5. The molecule has 8 aromatic rings. The van der Waals surface area contributed by atoms with Crippen LogP contribution in [0, 0.1) is 59.4 Å². The number of hydrogen-bond acceptors (Lipinski definition) is 17. The van der Waals surface area contributed by atoms with Gasteiger partial charge in [0.1, 0.15) is 28.7 Å². The van der Waals surface area contributed by atoms with Crippen molar-refractivity contribution in [3.63, 3.8) is 0 Å². The molecule has 4 heterocycles. The Morgan fingerprint density at radius 2 is 0.546 bits per heavy atom. The van der Waals surface area contributed by atoms with Gasteiger partial charge >= 0.3 is 21.1 Å². The molecule has 0 radical (unpaired) electrons. The number of phenols is 2. The van der Waals surface area contributed by atoms with E-state index in [1.54, 1.807) is 97.6 Å². The minimum atomic E-state index is -0.369. The normalized spacial score (nSPS) is 10.5. The summed E-state index contributed by atoms with van der Waals surface area (Å²) in [5, 5.41) is 93.0. The van der Waals surface area contributed by atoms with Crippen LogP contribution in [0.25, 0.3) is 0 Å². The predicted octanol–water partition coefficient (Wildman–Crippen LogP) is 9.55. The molecule has 0 spiro atoms. The number of aromatic nitrogens is 4. The predicted molar refractivity (Wildman–Crippen MR) is 376 cm³/mol. The molecule has 97 heavy (non-hydrogen) atoms. The molecule has 0 saturated heterocycles. The summed E-state index contributed by atoms with van der Waals surface area (Å²) in [5.41, 5.74) is 5.43. The molecule has 22 nitrogen and oxygen atoms in total. The van der Waals surface area contributed by atoms with Crippen LogP contribution in [0.5, 0.6) is 23.0 Å². The van der Waals surface area contributed by atoms with Gasteiger partial charge in [-0.2, -0.15) is 0 Å². The summed E-state index contributed by atoms with van der Waals surface area (Å²) in [4.78, 5) is 26.4. The topological polar surface area (TPSA) is 451 Å². The number of allylic oxidation sites excluding steroid dienone is 4. The van der Waals surface area contributed by atoms with Gasteiger partial charge in [0.2, 0.25) is 0 Å². The van der Waals surface area contributed by atoms with E-state index in [9.17, 15) is 35.4 Å². The Bertz CT molecular complexity index is 2820. The number of rotatable bonds is 16. The minimum Gasteiger partial charge on any atom is -0.876 e. The third kappa shape index (κ3) is 48.6. The van der Waals surface area contributed by atoms with Crippen molar-refractivity contribution in [1.82, 2.24) is 19.9 Å². The molecule has 0 saturated carbocycles. The van der Waals surface area contributed by atoms with Crippen molar-refractivity contribution in [2.75, 3.05) is 21.3 Å². The number of anilines is 4. The van der Waals surface area contributed by atoms with Crippen molar-refractivity contribution in [3.05, 3.63) is 324 Å². The largest absolute Gasteiger partial charge is 2.00 e. The van der Waals surface area contributed by atoms with Crippen molar-refractivity contribution in [1.29, 1.82) is 0 Å². The number of para-hydroxylation sites is 8. The molecular formula is C71H101N8O14Pt4-9. The number of nitrogens with one attached hydrogen (secondary N) is 4. The van der Waals surface area contributed by atoms with Gasteiger partial charge in [0, 0.05) is 100 Å². The number of nitrogens with zero attached hydrogens (tertiary/aromatic N) is 4. The molecule has 0 unspecified atom stereocenters. The molecule has 0 aliphatic heterocycles. The summed E-state index contributed by atoms with van der Waals surface area (Å²) >= 11 is 0. The zero-order valence-electron chi connectivity index (χ0n) is 57.1. The fourth-order valence-electron chi connectivity index (χ4n) is 7.06. The molecule has 0 bridgehead atoms. The Morgan fingerprint density at radius 1 is 0.371 bits per heavy atom. The van der Waals surface area contributed by atoms with Crippen LogP contribution in [0.2, 0.25) is 0 Å². The summed E-state index contributed by atoms with van der Waals surface area (Å²) < 4.78 is 0. The molecule has 19 N–H and O–H groups in total. The molecule has 0 fully saturated rings. The molecular weight excluding hydrogens is 1970 g/mol. The smallest absolute Gasteiger partial charge is 0.876 e. The van der Waals surface area contributed by atoms with Gasteiger partial charge in [-0.15, -0.1) is 23.0 Å². The van der Waals surface area contributed by atoms with Crippen molar-refractivity contribution in [2.45, 2.75) is 65.7 Å². The van der Waals surface area contributed by atoms with Gasteiger partial charge in [-0.25, -0.2) is 0 Å². The Labute approximate surface area is 635 Å². The molecule has 0 aliphatic carbocycles. The van der Waals surface area contributed by atoms with E-state index >= 15 is 0 Å². The van der Waals surface area contributed by atoms with E-state index in [1.807, 2.05) is 109 Å². The van der Waals surface area contributed by atoms with Gasteiger partial charge in [0.05, 0.1) is 58.3 Å². The van der Waals surface area contributed by atoms with Crippen LogP contribution in [0.15, 0.2) is 242 Å². The second-order valence-electron chi connectivity index (χ2n) is 17.6. The average molecular weight is 2070 g/mol. The number of hydrogen-bond donors (Lipinski definition) is 6. The van der Waals surface area contributed by atoms with E-state index in [4.69, 9.17) is 10.2 Å². The number of carbonyl (C=O) groups is 1. The molecule has 4 aromatic carbocycles. The number of aromatic hydroxyl groups is 2. The summed E-state index contributed by atoms with van der Waals surface area (Å²) in [6, 6.07) is 48.8. The van der Waals surface area contributed by atoms with Crippen LogP contribution in [-0.2, 0) is 94.5 Å². The zero-order valence-corrected chi connectivity index (χ0v) is 66.1. The first-order valence-electron chi connectivity index (χ1n) is 25.2. The number of benzene rings is 4. The SMILES string of the molecule is C/C([O-])=C/[C@@H](Nc1ccccc1O)c1ccccn1.C/C([O-])=C/[C@@H](Nc1ccccc1[OH2+])c1ccccn1.C/C([O-])=C/[C@H](Nc1ccccc1O)c1ccccn1.C/C([O-])=C/[C@H](Nc1ccccc1[OH2+])c1ccccn1.CC(C)=O.O.O.[CH3-].[CH3-].[CH3-].[CH3-].[CH3-].[CH3-].[CH3-].[CH3-].[OH-].[OH-].[OH3+].[Pt+2].[Pt].[Pt].[Pt]. The molecule has 4 aromatic heterocycles. The minimum absolute atomic E-state index is 0. The Hall–Kier alpha value is -7.74. The van der Waals surface area contributed by atoms with E-state index in [1.165, 1.54) is 53.7 Å². The maximum absolute atomic E-state index is 11.3. The van der Waals surface area contributed by atoms with Gasteiger partial charge < -0.3 is 154 Å². The van der Waals surface area contributed by atoms with Crippen molar-refractivity contribution < 1.29 is 157 Å². The van der Waals surface area contributed by atoms with E-state index in [0.29, 0.717) is 34.2 Å². The first kappa shape index (κ1) is 123. The summed E-state index contributed by atoms with van der Waals surface area (Å²) in [6.45, 7) is 9.04. The molecule has 26 heteroatoms. The number of phenolic OH excluding ortho intramolecular Hbond substituents is 2. The monoisotopic (exact) mass is 2070 g/mol. The Kier molecular flexibility index (Phi) is 86.3. The average Bonchev–Trinajstić information content (AvgIpc) is 0.899. The van der Waals surface area contributed by atoms with Gasteiger partial charge in [0.15, 0.2) is 0 Å². The third-order valence-electron chi connectivity index (χ3n) is 10.5. The molecule has 0 aliphatic rings. The summed E-state index contributed by atoms with van der Waals surface area (Å²) in [7, 11) is 0. The first-order chi connectivity index (χ1) is 38.4. The number of carbonyl (C=O) groups excluding carboxylic acids is 1. The van der Waals surface area contributed by atoms with Gasteiger partial charge in [0.25, 0.3) is 11.5 Å². The van der Waals surface area contributed by atoms with Crippen LogP contribution in [-0.4, -0.2) is 68.1 Å². The van der Waals surface area contributed by atoms with Crippen LogP contribution in [0.3, 0.4) is 0 Å². The van der Waals surface area contributed by atoms with Crippen molar-refractivity contribution in [3.8, 4) is 23.0 Å². The summed E-state index contributed by atoms with van der Waals surface area (Å²) in [5.74, 6) is 1.04. The maximum atomic E-state index is 11.3. The second kappa shape index (κ2) is 68.2. The second-order valence-corrected chi connectivity index (χ2v) is 17.6. The Morgan fingerprint density at radius 3 is 0.722 bits per heavy atom. The van der Waals surface area contributed by atoms with Crippen molar-refractivity contribution in [2.24, 2.45) is 0 Å². The molecule has 4 atom stereocenters. The Balaban J connectivity index is -0.0000000732. The van der Waals surface area contributed by atoms with E-state index < -0.39 is 0 Å².